The molecule has 4 nitrogen and oxygen atoms in total. The molecule has 0 spiro atoms. The van der Waals surface area contributed by atoms with Gasteiger partial charge in [-0.25, -0.2) is 0 Å². The summed E-state index contributed by atoms with van der Waals surface area (Å²) in [4.78, 5) is 12.9. The fourth-order valence-corrected chi connectivity index (χ4v) is 4.39. The van der Waals surface area contributed by atoms with Gasteiger partial charge >= 0.3 is 0 Å². The molecule has 0 bridgehead atoms. The van der Waals surface area contributed by atoms with Crippen LogP contribution in [0.3, 0.4) is 0 Å². The van der Waals surface area contributed by atoms with Crippen molar-refractivity contribution in [2.75, 3.05) is 25.4 Å². The molecule has 5 N–H and O–H groups in total. The normalized spacial score (nSPS) is 13.2. The van der Waals surface area contributed by atoms with Gasteiger partial charge in [0.25, 0.3) is 0 Å². The second kappa shape index (κ2) is 14.3. The average Bonchev–Trinajstić information content (AvgIpc) is 2.77. The van der Waals surface area contributed by atoms with Gasteiger partial charge in [-0.15, -0.1) is 11.8 Å². The predicted molar refractivity (Wildman–Crippen MR) is 125 cm³/mol. The molecule has 0 saturated carbocycles. The van der Waals surface area contributed by atoms with E-state index in [2.05, 4.69) is 53.8 Å². The Morgan fingerprint density at radius 3 is 2.17 bits per heavy atom. The highest BCUT2D eigenvalue weighted by Gasteiger charge is 2.24. The van der Waals surface area contributed by atoms with Crippen molar-refractivity contribution >= 4 is 17.5 Å². The van der Waals surface area contributed by atoms with E-state index >= 15 is 0 Å². The molecule has 0 aromatic heterocycles. The highest BCUT2D eigenvalue weighted by molar-refractivity contribution is 8.00. The van der Waals surface area contributed by atoms with E-state index in [0.29, 0.717) is 19.5 Å². The molecular formula is C24H35N3OS. The predicted octanol–water partition coefficient (Wildman–Crippen LogP) is 3.19. The number of nitrogens with two attached hydrogens (primary N) is 2. The number of ketones is 1. The average molecular weight is 414 g/mol. The molecule has 0 heterocycles. The van der Waals surface area contributed by atoms with Gasteiger partial charge in [-0.3, -0.25) is 4.79 Å². The lowest BCUT2D eigenvalue weighted by Gasteiger charge is -2.20. The first-order valence-electron chi connectivity index (χ1n) is 10.6. The number of hydrogen-bond acceptors (Lipinski definition) is 5. The minimum Gasteiger partial charge on any atom is -0.330 e. The van der Waals surface area contributed by atoms with Gasteiger partial charge in [0.05, 0.1) is 11.3 Å². The Kier molecular flexibility index (Phi) is 11.7. The zero-order valence-electron chi connectivity index (χ0n) is 17.3. The molecule has 0 saturated heterocycles. The summed E-state index contributed by atoms with van der Waals surface area (Å²) >= 11 is 1.73. The maximum atomic E-state index is 12.9. The van der Waals surface area contributed by atoms with E-state index in [4.69, 9.17) is 11.5 Å². The molecule has 0 fully saturated rings. The fourth-order valence-electron chi connectivity index (χ4n) is 3.22. The summed E-state index contributed by atoms with van der Waals surface area (Å²) in [5, 5.41) is 3.36. The summed E-state index contributed by atoms with van der Waals surface area (Å²) < 4.78 is 0. The number of carbonyl (C=O) groups excluding carboxylic acids is 1. The van der Waals surface area contributed by atoms with Gasteiger partial charge in [0.2, 0.25) is 0 Å². The van der Waals surface area contributed by atoms with Gasteiger partial charge < -0.3 is 16.8 Å². The maximum absolute atomic E-state index is 12.9. The smallest absolute Gasteiger partial charge is 0.163 e. The zero-order valence-corrected chi connectivity index (χ0v) is 18.1. The molecule has 0 radical (unpaired) electrons. The molecule has 158 valence electrons. The Labute approximate surface area is 179 Å². The van der Waals surface area contributed by atoms with E-state index in [0.717, 1.165) is 38.0 Å². The van der Waals surface area contributed by atoms with Gasteiger partial charge in [0.1, 0.15) is 0 Å². The molecule has 0 aliphatic carbocycles. The minimum atomic E-state index is -0.416. The highest BCUT2D eigenvalue weighted by atomic mass is 32.2. The van der Waals surface area contributed by atoms with Crippen molar-refractivity contribution in [3.05, 3.63) is 71.8 Å². The Morgan fingerprint density at radius 1 is 0.931 bits per heavy atom. The summed E-state index contributed by atoms with van der Waals surface area (Å²) in [6.45, 7) is 2.10. The van der Waals surface area contributed by atoms with Crippen LogP contribution in [-0.2, 0) is 17.6 Å². The van der Waals surface area contributed by atoms with Crippen LogP contribution in [0.2, 0.25) is 0 Å². The third-order valence-electron chi connectivity index (χ3n) is 4.94. The molecule has 2 aromatic carbocycles. The second-order valence-corrected chi connectivity index (χ2v) is 8.64. The van der Waals surface area contributed by atoms with E-state index in [1.165, 1.54) is 11.1 Å². The number of Topliss-reactive ketones (excluding diaryl/α,β-unsaturated/α-hetero) is 1. The van der Waals surface area contributed by atoms with E-state index in [1.807, 2.05) is 12.1 Å². The number of hydrogen-bond donors (Lipinski definition) is 3. The molecule has 29 heavy (non-hydrogen) atoms. The first-order chi connectivity index (χ1) is 14.2. The number of aryl methyl sites for hydroxylation is 1. The van der Waals surface area contributed by atoms with Crippen LogP contribution in [0.15, 0.2) is 60.7 Å². The lowest BCUT2D eigenvalue weighted by atomic mass is 10.0. The minimum absolute atomic E-state index is 0.102. The molecular weight excluding hydrogens is 378 g/mol. The summed E-state index contributed by atoms with van der Waals surface area (Å²) in [6.07, 6.45) is 4.51. The highest BCUT2D eigenvalue weighted by Crippen LogP contribution is 2.17. The van der Waals surface area contributed by atoms with Gasteiger partial charge in [-0.1, -0.05) is 60.7 Å². The summed E-state index contributed by atoms with van der Waals surface area (Å²) in [5.41, 5.74) is 14.4. The SMILES string of the molecule is NCCC[C@@H](N)C(=O)C(CNCCc1ccccc1)SCCCc1ccccc1. The van der Waals surface area contributed by atoms with Crippen molar-refractivity contribution in [1.82, 2.24) is 5.32 Å². The fraction of sp³-hybridized carbons (Fsp3) is 0.458. The van der Waals surface area contributed by atoms with Crippen molar-refractivity contribution < 1.29 is 4.79 Å². The van der Waals surface area contributed by atoms with Crippen LogP contribution in [0.1, 0.15) is 30.4 Å². The van der Waals surface area contributed by atoms with Gasteiger partial charge in [0.15, 0.2) is 5.78 Å². The quantitative estimate of drug-likeness (QED) is 0.391. The Morgan fingerprint density at radius 2 is 1.55 bits per heavy atom. The number of rotatable bonds is 15. The number of nitrogens with one attached hydrogen (secondary N) is 1. The third kappa shape index (κ3) is 9.59. The number of benzene rings is 2. The van der Waals surface area contributed by atoms with Crippen molar-refractivity contribution in [2.45, 2.75) is 43.4 Å². The molecule has 1 unspecified atom stereocenters. The lowest BCUT2D eigenvalue weighted by Crippen LogP contribution is -2.42. The summed E-state index contributed by atoms with van der Waals surface area (Å²) in [6, 6.07) is 20.5. The van der Waals surface area contributed by atoms with Crippen LogP contribution in [0.25, 0.3) is 0 Å². The van der Waals surface area contributed by atoms with E-state index in [9.17, 15) is 4.79 Å². The van der Waals surface area contributed by atoms with Crippen molar-refractivity contribution in [1.29, 1.82) is 0 Å². The van der Waals surface area contributed by atoms with E-state index in [1.54, 1.807) is 11.8 Å². The van der Waals surface area contributed by atoms with Crippen molar-refractivity contribution in [3.63, 3.8) is 0 Å². The van der Waals surface area contributed by atoms with E-state index < -0.39 is 6.04 Å². The maximum Gasteiger partial charge on any atom is 0.163 e. The van der Waals surface area contributed by atoms with Gasteiger partial charge in [-0.2, -0.15) is 0 Å². The first kappa shape index (κ1) is 23.6. The zero-order chi connectivity index (χ0) is 20.7. The Hall–Kier alpha value is -1.66. The van der Waals surface area contributed by atoms with Gasteiger partial charge in [0, 0.05) is 6.54 Å². The summed E-state index contributed by atoms with van der Waals surface area (Å²) in [7, 11) is 0. The number of thioether (sulfide) groups is 1. The van der Waals surface area contributed by atoms with Crippen LogP contribution in [0, 0.1) is 0 Å². The Bertz CT molecular complexity index is 634. The molecule has 5 heteroatoms. The molecule has 0 aliphatic heterocycles. The largest absolute Gasteiger partial charge is 0.330 e. The summed E-state index contributed by atoms with van der Waals surface area (Å²) in [5.74, 6) is 1.10. The lowest BCUT2D eigenvalue weighted by molar-refractivity contribution is -0.119. The van der Waals surface area contributed by atoms with Crippen LogP contribution in [0.4, 0.5) is 0 Å². The Balaban J connectivity index is 1.78. The van der Waals surface area contributed by atoms with Crippen LogP contribution >= 0.6 is 11.8 Å². The number of carbonyl (C=O) groups is 1. The third-order valence-corrected chi connectivity index (χ3v) is 6.26. The standard InChI is InChI=1S/C24H35N3OS/c25-16-7-14-22(26)24(28)23(19-27-17-15-21-11-5-2-6-12-21)29-18-8-13-20-9-3-1-4-10-20/h1-6,9-12,22-23,27H,7-8,13-19,25-26H2/t22-,23?/m1/s1. The topological polar surface area (TPSA) is 81.1 Å². The molecule has 0 aliphatic rings. The van der Waals surface area contributed by atoms with Gasteiger partial charge in [-0.05, 0) is 62.1 Å². The molecule has 2 rings (SSSR count). The first-order valence-corrected chi connectivity index (χ1v) is 11.6. The van der Waals surface area contributed by atoms with E-state index in [-0.39, 0.29) is 11.0 Å². The monoisotopic (exact) mass is 413 g/mol. The van der Waals surface area contributed by atoms with Crippen LogP contribution in [-0.4, -0.2) is 42.5 Å². The van der Waals surface area contributed by atoms with Crippen LogP contribution < -0.4 is 16.8 Å². The second-order valence-electron chi connectivity index (χ2n) is 7.33. The van der Waals surface area contributed by atoms with Crippen molar-refractivity contribution in [2.24, 2.45) is 11.5 Å². The molecule has 0 amide bonds. The van der Waals surface area contributed by atoms with Crippen LogP contribution in [0.5, 0.6) is 0 Å². The molecule has 2 atom stereocenters. The molecule has 2 aromatic rings. The van der Waals surface area contributed by atoms with Crippen molar-refractivity contribution in [3.8, 4) is 0 Å².